The number of carboxylic acid groups (broad SMARTS) is 1. The van der Waals surface area contributed by atoms with Gasteiger partial charge in [-0.3, -0.25) is 0 Å². The molecule has 0 amide bonds. The lowest BCUT2D eigenvalue weighted by Gasteiger charge is -2.14. The van der Waals surface area contributed by atoms with Gasteiger partial charge in [-0.1, -0.05) is 24.3 Å². The standard InChI is InChI=1S/C33H26F2N4O4/c34-26-12-20(16-36)4-5-25(26)19-43-32-3-1-2-28(38-32)23-7-6-22(27(35)13-23)15-31-37-29-9-8-24(33(40)41)14-30(29)39(31)17-21-10-11-42-18-21/h1-9,12-14,21H,10-11,15,17-19H2,(H,40,41)/t21-/m0/s1. The summed E-state index contributed by atoms with van der Waals surface area (Å²) in [5, 5.41) is 18.4. The Labute approximate surface area is 245 Å². The third-order valence-electron chi connectivity index (χ3n) is 7.52. The van der Waals surface area contributed by atoms with E-state index in [1.165, 1.54) is 24.3 Å². The monoisotopic (exact) mass is 580 g/mol. The average molecular weight is 581 g/mol. The van der Waals surface area contributed by atoms with Crippen LogP contribution in [0.15, 0.2) is 72.8 Å². The molecule has 1 fully saturated rings. The van der Waals surface area contributed by atoms with E-state index in [1.807, 2.05) is 10.6 Å². The van der Waals surface area contributed by atoms with E-state index in [4.69, 9.17) is 19.7 Å². The van der Waals surface area contributed by atoms with Crippen LogP contribution in [0.25, 0.3) is 22.3 Å². The fraction of sp³-hybridized carbons (Fsp3) is 0.212. The van der Waals surface area contributed by atoms with Crippen molar-refractivity contribution in [2.45, 2.75) is 26.0 Å². The molecule has 1 aliphatic rings. The van der Waals surface area contributed by atoms with Gasteiger partial charge >= 0.3 is 5.97 Å². The fourth-order valence-corrected chi connectivity index (χ4v) is 5.19. The third-order valence-corrected chi connectivity index (χ3v) is 7.52. The number of hydrogen-bond acceptors (Lipinski definition) is 6. The molecule has 1 saturated heterocycles. The van der Waals surface area contributed by atoms with Crippen molar-refractivity contribution in [3.05, 3.63) is 113 Å². The van der Waals surface area contributed by atoms with Crippen molar-refractivity contribution < 1.29 is 28.2 Å². The molecule has 0 saturated carbocycles. The first-order valence-corrected chi connectivity index (χ1v) is 13.8. The van der Waals surface area contributed by atoms with Gasteiger partial charge in [0, 0.05) is 42.7 Å². The minimum Gasteiger partial charge on any atom is -0.478 e. The Kier molecular flexibility index (Phi) is 7.81. The molecular weight excluding hydrogens is 554 g/mol. The highest BCUT2D eigenvalue weighted by atomic mass is 19.1. The normalized spacial score (nSPS) is 14.6. The molecule has 8 nitrogen and oxygen atoms in total. The van der Waals surface area contributed by atoms with E-state index >= 15 is 4.39 Å². The van der Waals surface area contributed by atoms with Gasteiger partial charge in [-0.2, -0.15) is 5.26 Å². The van der Waals surface area contributed by atoms with Crippen molar-refractivity contribution in [2.24, 2.45) is 5.92 Å². The Balaban J connectivity index is 1.23. The fourth-order valence-electron chi connectivity index (χ4n) is 5.19. The summed E-state index contributed by atoms with van der Waals surface area (Å²) < 4.78 is 42.9. The van der Waals surface area contributed by atoms with E-state index in [9.17, 15) is 14.3 Å². The van der Waals surface area contributed by atoms with Gasteiger partial charge in [0.25, 0.3) is 0 Å². The Morgan fingerprint density at radius 2 is 1.88 bits per heavy atom. The van der Waals surface area contributed by atoms with Crippen molar-refractivity contribution >= 4 is 17.0 Å². The van der Waals surface area contributed by atoms with Gasteiger partial charge < -0.3 is 19.1 Å². The zero-order chi connectivity index (χ0) is 29.9. The SMILES string of the molecule is N#Cc1ccc(COc2cccc(-c3ccc(Cc4nc5ccc(C(=O)O)cc5n4C[C@@H]4CCOC4)c(F)c3)n2)c(F)c1. The molecule has 3 aromatic carbocycles. The molecule has 0 aliphatic carbocycles. The van der Waals surface area contributed by atoms with Gasteiger partial charge in [-0.25, -0.2) is 23.5 Å². The van der Waals surface area contributed by atoms with E-state index in [2.05, 4.69) is 4.98 Å². The molecule has 0 unspecified atom stereocenters. The number of carboxylic acids is 1. The predicted octanol–water partition coefficient (Wildman–Crippen LogP) is 6.15. The summed E-state index contributed by atoms with van der Waals surface area (Å²) in [5.74, 6) is -0.854. The molecule has 216 valence electrons. The Hall–Kier alpha value is -5.14. The summed E-state index contributed by atoms with van der Waals surface area (Å²) in [5.41, 5.74) is 3.48. The summed E-state index contributed by atoms with van der Waals surface area (Å²) in [6.07, 6.45) is 1.10. The molecule has 0 radical (unpaired) electrons. The average Bonchev–Trinajstić information content (AvgIpc) is 3.65. The molecule has 2 aromatic heterocycles. The Morgan fingerprint density at radius 1 is 1.05 bits per heavy atom. The number of aromatic nitrogens is 3. The van der Waals surface area contributed by atoms with Gasteiger partial charge in [-0.15, -0.1) is 0 Å². The van der Waals surface area contributed by atoms with Crippen molar-refractivity contribution in [3.63, 3.8) is 0 Å². The van der Waals surface area contributed by atoms with Gasteiger partial charge in [-0.05, 0) is 54.4 Å². The first kappa shape index (κ1) is 28.0. The van der Waals surface area contributed by atoms with Gasteiger partial charge in [0.05, 0.1) is 40.5 Å². The van der Waals surface area contributed by atoms with Crippen molar-refractivity contribution in [1.82, 2.24) is 14.5 Å². The molecule has 1 N–H and O–H groups in total. The van der Waals surface area contributed by atoms with Crippen LogP contribution >= 0.6 is 0 Å². The number of hydrogen-bond donors (Lipinski definition) is 1. The lowest BCUT2D eigenvalue weighted by atomic mass is 10.0. The minimum atomic E-state index is -1.02. The maximum atomic E-state index is 15.5. The number of benzene rings is 3. The second kappa shape index (κ2) is 12.0. The first-order valence-electron chi connectivity index (χ1n) is 13.8. The minimum absolute atomic E-state index is 0.0801. The van der Waals surface area contributed by atoms with Gasteiger partial charge in [0.1, 0.15) is 24.1 Å². The molecular formula is C33H26F2N4O4. The highest BCUT2D eigenvalue weighted by molar-refractivity contribution is 5.92. The number of nitriles is 1. The zero-order valence-corrected chi connectivity index (χ0v) is 23.0. The smallest absolute Gasteiger partial charge is 0.335 e. The number of aromatic carboxylic acids is 1. The van der Waals surface area contributed by atoms with Crippen LogP contribution in [-0.4, -0.2) is 38.8 Å². The van der Waals surface area contributed by atoms with Crippen LogP contribution in [0.2, 0.25) is 0 Å². The number of halogens is 2. The first-order chi connectivity index (χ1) is 20.9. The summed E-state index contributed by atoms with van der Waals surface area (Å²) in [4.78, 5) is 20.8. The number of ether oxygens (including phenoxy) is 2. The lowest BCUT2D eigenvalue weighted by molar-refractivity contribution is 0.0697. The highest BCUT2D eigenvalue weighted by Crippen LogP contribution is 2.27. The number of imidazole rings is 1. The molecule has 3 heterocycles. The van der Waals surface area contributed by atoms with Crippen LogP contribution in [-0.2, 0) is 24.3 Å². The molecule has 1 atom stereocenters. The van der Waals surface area contributed by atoms with Gasteiger partial charge in [0.15, 0.2) is 0 Å². The molecule has 6 rings (SSSR count). The number of rotatable bonds is 9. The van der Waals surface area contributed by atoms with Crippen LogP contribution in [0, 0.1) is 28.9 Å². The number of fused-ring (bicyclic) bond motifs is 1. The summed E-state index contributed by atoms with van der Waals surface area (Å²) in [6.45, 7) is 1.80. The van der Waals surface area contributed by atoms with E-state index in [0.29, 0.717) is 53.4 Å². The van der Waals surface area contributed by atoms with Crippen molar-refractivity contribution in [2.75, 3.05) is 13.2 Å². The van der Waals surface area contributed by atoms with Crippen LogP contribution in [0.4, 0.5) is 8.78 Å². The molecule has 5 aromatic rings. The van der Waals surface area contributed by atoms with Crippen LogP contribution in [0.3, 0.4) is 0 Å². The maximum Gasteiger partial charge on any atom is 0.335 e. The Bertz CT molecular complexity index is 1880. The molecule has 0 spiro atoms. The van der Waals surface area contributed by atoms with Crippen LogP contribution < -0.4 is 4.74 Å². The quantitative estimate of drug-likeness (QED) is 0.223. The van der Waals surface area contributed by atoms with Gasteiger partial charge in [0.2, 0.25) is 5.88 Å². The zero-order valence-electron chi connectivity index (χ0n) is 23.0. The summed E-state index contributed by atoms with van der Waals surface area (Å²) >= 11 is 0. The van der Waals surface area contributed by atoms with E-state index < -0.39 is 17.6 Å². The van der Waals surface area contributed by atoms with Crippen LogP contribution in [0.5, 0.6) is 5.88 Å². The number of nitrogens with zero attached hydrogens (tertiary/aromatic N) is 4. The summed E-state index contributed by atoms with van der Waals surface area (Å²) in [6, 6.07) is 20.8. The number of pyridine rings is 1. The van der Waals surface area contributed by atoms with E-state index in [-0.39, 0.29) is 41.5 Å². The largest absolute Gasteiger partial charge is 0.478 e. The third kappa shape index (κ3) is 6.08. The predicted molar refractivity (Wildman–Crippen MR) is 154 cm³/mol. The summed E-state index contributed by atoms with van der Waals surface area (Å²) in [7, 11) is 0. The van der Waals surface area contributed by atoms with E-state index in [0.717, 1.165) is 12.5 Å². The van der Waals surface area contributed by atoms with E-state index in [1.54, 1.807) is 42.5 Å². The molecule has 0 bridgehead atoms. The highest BCUT2D eigenvalue weighted by Gasteiger charge is 2.21. The van der Waals surface area contributed by atoms with Crippen molar-refractivity contribution in [1.29, 1.82) is 5.26 Å². The maximum absolute atomic E-state index is 15.5. The molecule has 1 aliphatic heterocycles. The second-order valence-corrected chi connectivity index (χ2v) is 10.4. The lowest BCUT2D eigenvalue weighted by Crippen LogP contribution is -2.14. The second-order valence-electron chi connectivity index (χ2n) is 10.4. The number of carbonyl (C=O) groups is 1. The Morgan fingerprint density at radius 3 is 2.63 bits per heavy atom. The molecule has 43 heavy (non-hydrogen) atoms. The van der Waals surface area contributed by atoms with Crippen LogP contribution in [0.1, 0.15) is 39.3 Å². The molecule has 10 heteroatoms. The van der Waals surface area contributed by atoms with Crippen molar-refractivity contribution in [3.8, 4) is 23.2 Å². The topological polar surface area (TPSA) is 110 Å².